The van der Waals surface area contributed by atoms with Crippen molar-refractivity contribution in [2.45, 2.75) is 50.2 Å². The van der Waals surface area contributed by atoms with E-state index in [4.69, 9.17) is 5.73 Å². The van der Waals surface area contributed by atoms with Crippen LogP contribution in [-0.4, -0.2) is 16.0 Å². The highest BCUT2D eigenvalue weighted by atomic mass is 79.9. The molecule has 0 aliphatic rings. The van der Waals surface area contributed by atoms with E-state index in [1.165, 1.54) is 5.56 Å². The van der Waals surface area contributed by atoms with Crippen molar-refractivity contribution in [1.29, 1.82) is 0 Å². The molecule has 2 N–H and O–H groups in total. The van der Waals surface area contributed by atoms with Gasteiger partial charge in [-0.3, -0.25) is 0 Å². The summed E-state index contributed by atoms with van der Waals surface area (Å²) in [5.41, 5.74) is 10.4. The van der Waals surface area contributed by atoms with Crippen LogP contribution in [0.2, 0.25) is 0 Å². The minimum absolute atomic E-state index is 0.126. The van der Waals surface area contributed by atoms with Gasteiger partial charge in [-0.05, 0) is 75.2 Å². The number of aryl methyl sites for hydroxylation is 2. The lowest BCUT2D eigenvalue weighted by atomic mass is 10.1. The average Bonchev–Trinajstić information content (AvgIpc) is 2.38. The average molecular weight is 366 g/mol. The normalized spacial score (nSPS) is 12.5. The molecule has 0 saturated heterocycles. The van der Waals surface area contributed by atoms with Gasteiger partial charge in [-0.15, -0.1) is 0 Å². The Labute approximate surface area is 138 Å². The topological polar surface area (TPSA) is 51.8 Å². The molecule has 0 saturated carbocycles. The number of hydrogen-bond donors (Lipinski definition) is 1. The Balaban J connectivity index is 2.35. The van der Waals surface area contributed by atoms with Crippen LogP contribution in [0.1, 0.15) is 29.4 Å². The first-order chi connectivity index (χ1) is 9.86. The number of aromatic nitrogens is 2. The number of benzene rings is 1. The molecule has 112 valence electrons. The van der Waals surface area contributed by atoms with Crippen molar-refractivity contribution in [2.75, 3.05) is 0 Å². The maximum Gasteiger partial charge on any atom is 0.192 e. The lowest BCUT2D eigenvalue weighted by Gasteiger charge is -2.12. The van der Waals surface area contributed by atoms with Crippen molar-refractivity contribution in [1.82, 2.24) is 9.97 Å². The smallest absolute Gasteiger partial charge is 0.192 e. The predicted molar refractivity (Wildman–Crippen MR) is 91.9 cm³/mol. The molecule has 1 aromatic carbocycles. The first-order valence-electron chi connectivity index (χ1n) is 6.90. The highest BCUT2D eigenvalue weighted by Gasteiger charge is 2.11. The summed E-state index contributed by atoms with van der Waals surface area (Å²) >= 11 is 5.13. The van der Waals surface area contributed by atoms with E-state index in [1.807, 2.05) is 26.8 Å². The molecule has 5 heteroatoms. The molecule has 0 fully saturated rings. The fourth-order valence-electron chi connectivity index (χ4n) is 2.04. The summed E-state index contributed by atoms with van der Waals surface area (Å²) in [7, 11) is 0. The third-order valence-electron chi connectivity index (χ3n) is 3.38. The first kappa shape index (κ1) is 16.5. The highest BCUT2D eigenvalue weighted by Crippen LogP contribution is 2.31. The van der Waals surface area contributed by atoms with Gasteiger partial charge in [-0.2, -0.15) is 0 Å². The number of halogens is 1. The Morgan fingerprint density at radius 3 is 2.38 bits per heavy atom. The third-order valence-corrected chi connectivity index (χ3v) is 4.85. The molecule has 0 aliphatic heterocycles. The predicted octanol–water partition coefficient (Wildman–Crippen LogP) is 4.21. The Bertz CT molecular complexity index is 633. The lowest BCUT2D eigenvalue weighted by molar-refractivity contribution is 0.728. The van der Waals surface area contributed by atoms with Gasteiger partial charge < -0.3 is 5.73 Å². The summed E-state index contributed by atoms with van der Waals surface area (Å²) in [4.78, 5) is 10.3. The van der Waals surface area contributed by atoms with Crippen LogP contribution in [0.15, 0.2) is 32.7 Å². The van der Waals surface area contributed by atoms with Gasteiger partial charge in [-0.1, -0.05) is 15.9 Å². The molecule has 0 amide bonds. The van der Waals surface area contributed by atoms with Crippen molar-refractivity contribution < 1.29 is 0 Å². The highest BCUT2D eigenvalue weighted by molar-refractivity contribution is 9.10. The Morgan fingerprint density at radius 2 is 1.81 bits per heavy atom. The molecule has 2 aromatic rings. The van der Waals surface area contributed by atoms with Gasteiger partial charge in [-0.25, -0.2) is 9.97 Å². The molecule has 0 bridgehead atoms. The van der Waals surface area contributed by atoms with Crippen LogP contribution < -0.4 is 5.73 Å². The fourth-order valence-corrected chi connectivity index (χ4v) is 3.42. The second kappa shape index (κ2) is 6.90. The van der Waals surface area contributed by atoms with Gasteiger partial charge >= 0.3 is 0 Å². The number of nitrogens with zero attached hydrogens (tertiary/aromatic N) is 2. The molecule has 2 rings (SSSR count). The van der Waals surface area contributed by atoms with Crippen molar-refractivity contribution in [3.05, 3.63) is 45.2 Å². The third kappa shape index (κ3) is 4.28. The van der Waals surface area contributed by atoms with Crippen molar-refractivity contribution in [3.63, 3.8) is 0 Å². The largest absolute Gasteiger partial charge is 0.328 e. The van der Waals surface area contributed by atoms with E-state index in [-0.39, 0.29) is 6.04 Å². The van der Waals surface area contributed by atoms with Crippen LogP contribution in [-0.2, 0) is 6.42 Å². The number of hydrogen-bond acceptors (Lipinski definition) is 4. The van der Waals surface area contributed by atoms with E-state index in [0.29, 0.717) is 0 Å². The molecule has 21 heavy (non-hydrogen) atoms. The second-order valence-electron chi connectivity index (χ2n) is 5.34. The fraction of sp³-hybridized carbons (Fsp3) is 0.375. The van der Waals surface area contributed by atoms with Crippen molar-refractivity contribution in [2.24, 2.45) is 5.73 Å². The Morgan fingerprint density at radius 1 is 1.19 bits per heavy atom. The lowest BCUT2D eigenvalue weighted by Crippen LogP contribution is -2.18. The SMILES string of the molecule is Cc1nc(Sc2ccc(Br)cc2CC(C)N)nc(C)c1C. The van der Waals surface area contributed by atoms with E-state index in [9.17, 15) is 0 Å². The van der Waals surface area contributed by atoms with Crippen LogP contribution in [0.3, 0.4) is 0 Å². The van der Waals surface area contributed by atoms with E-state index < -0.39 is 0 Å². The van der Waals surface area contributed by atoms with Crippen LogP contribution in [0.5, 0.6) is 0 Å². The van der Waals surface area contributed by atoms with Gasteiger partial charge in [0.2, 0.25) is 0 Å². The summed E-state index contributed by atoms with van der Waals surface area (Å²) in [5, 5.41) is 0.795. The van der Waals surface area contributed by atoms with Crippen molar-refractivity contribution >= 4 is 27.7 Å². The molecule has 0 radical (unpaired) electrons. The van der Waals surface area contributed by atoms with E-state index >= 15 is 0 Å². The minimum Gasteiger partial charge on any atom is -0.328 e. The zero-order valence-electron chi connectivity index (χ0n) is 12.8. The van der Waals surface area contributed by atoms with Crippen LogP contribution in [0, 0.1) is 20.8 Å². The molecule has 0 spiro atoms. The van der Waals surface area contributed by atoms with Crippen LogP contribution >= 0.6 is 27.7 Å². The van der Waals surface area contributed by atoms with E-state index in [2.05, 4.69) is 45.0 Å². The Kier molecular flexibility index (Phi) is 5.41. The minimum atomic E-state index is 0.126. The number of nitrogens with two attached hydrogens (primary N) is 1. The molecule has 1 unspecified atom stereocenters. The van der Waals surface area contributed by atoms with E-state index in [0.717, 1.165) is 37.9 Å². The molecule has 1 aromatic heterocycles. The van der Waals surface area contributed by atoms with Gasteiger partial charge in [0.15, 0.2) is 5.16 Å². The molecule has 1 heterocycles. The standard InChI is InChI=1S/C16H20BrN3S/c1-9(18)7-13-8-14(17)5-6-15(13)21-16-19-11(3)10(2)12(4)20-16/h5-6,8-9H,7,18H2,1-4H3. The van der Waals surface area contributed by atoms with Gasteiger partial charge in [0.1, 0.15) is 0 Å². The maximum absolute atomic E-state index is 5.95. The second-order valence-corrected chi connectivity index (χ2v) is 7.26. The molecular weight excluding hydrogens is 346 g/mol. The van der Waals surface area contributed by atoms with Crippen LogP contribution in [0.25, 0.3) is 0 Å². The molecule has 1 atom stereocenters. The Hall–Kier alpha value is -0.910. The summed E-state index contributed by atoms with van der Waals surface area (Å²) in [6, 6.07) is 6.39. The summed E-state index contributed by atoms with van der Waals surface area (Å²) in [6.07, 6.45) is 0.839. The summed E-state index contributed by atoms with van der Waals surface area (Å²) < 4.78 is 1.07. The van der Waals surface area contributed by atoms with Gasteiger partial charge in [0.05, 0.1) is 0 Å². The van der Waals surface area contributed by atoms with E-state index in [1.54, 1.807) is 11.8 Å². The summed E-state index contributed by atoms with van der Waals surface area (Å²) in [6.45, 7) is 8.13. The van der Waals surface area contributed by atoms with Gasteiger partial charge in [0, 0.05) is 26.8 Å². The molecular formula is C16H20BrN3S. The first-order valence-corrected chi connectivity index (χ1v) is 8.51. The van der Waals surface area contributed by atoms with Gasteiger partial charge in [0.25, 0.3) is 0 Å². The number of rotatable bonds is 4. The quantitative estimate of drug-likeness (QED) is 0.824. The van der Waals surface area contributed by atoms with Crippen molar-refractivity contribution in [3.8, 4) is 0 Å². The summed E-state index contributed by atoms with van der Waals surface area (Å²) in [5.74, 6) is 0. The molecule has 0 aliphatic carbocycles. The molecule has 3 nitrogen and oxygen atoms in total. The zero-order chi connectivity index (χ0) is 15.6. The van der Waals surface area contributed by atoms with Crippen LogP contribution in [0.4, 0.5) is 0 Å². The monoisotopic (exact) mass is 365 g/mol. The maximum atomic E-state index is 5.95. The zero-order valence-corrected chi connectivity index (χ0v) is 15.2.